The molecule has 136 valence electrons. The van der Waals surface area contributed by atoms with Crippen LogP contribution in [0.4, 0.5) is 5.69 Å². The summed E-state index contributed by atoms with van der Waals surface area (Å²) in [4.78, 5) is 23.7. The lowest BCUT2D eigenvalue weighted by atomic mass is 10.1. The molecule has 0 unspecified atom stereocenters. The molecule has 0 aliphatic heterocycles. The molecule has 0 heterocycles. The molecule has 0 bridgehead atoms. The number of nitrogens with one attached hydrogen (secondary N) is 2. The molecule has 2 rings (SSSR count). The molecular weight excluding hydrogens is 330 g/mol. The largest absolute Gasteiger partial charge is 0.494 e. The van der Waals surface area contributed by atoms with Crippen molar-refractivity contribution >= 4 is 23.7 Å². The van der Waals surface area contributed by atoms with Gasteiger partial charge in [-0.15, -0.1) is 0 Å². The maximum atomic E-state index is 11.9. The zero-order valence-electron chi connectivity index (χ0n) is 15.0. The minimum Gasteiger partial charge on any atom is -0.494 e. The number of rotatable bonds is 8. The van der Waals surface area contributed by atoms with E-state index < -0.39 is 0 Å². The smallest absolute Gasteiger partial charge is 0.240 e. The van der Waals surface area contributed by atoms with Crippen molar-refractivity contribution in [2.75, 3.05) is 11.9 Å². The van der Waals surface area contributed by atoms with E-state index in [1.54, 1.807) is 30.5 Å². The maximum absolute atomic E-state index is 11.9. The van der Waals surface area contributed by atoms with E-state index in [1.807, 2.05) is 38.1 Å². The molecular formula is C20H23N3O3. The molecule has 0 aliphatic rings. The molecule has 26 heavy (non-hydrogen) atoms. The highest BCUT2D eigenvalue weighted by atomic mass is 16.5. The minimum absolute atomic E-state index is 0.0635. The number of hydrogen-bond acceptors (Lipinski definition) is 4. The average Bonchev–Trinajstić information content (AvgIpc) is 2.63. The number of benzene rings is 2. The third-order valence-corrected chi connectivity index (χ3v) is 3.61. The second-order valence-electron chi connectivity index (χ2n) is 5.66. The summed E-state index contributed by atoms with van der Waals surface area (Å²) in [5, 5.41) is 6.66. The molecule has 0 saturated carbocycles. The summed E-state index contributed by atoms with van der Waals surface area (Å²) < 4.78 is 5.34. The Morgan fingerprint density at radius 2 is 1.73 bits per heavy atom. The van der Waals surface area contributed by atoms with Gasteiger partial charge in [-0.1, -0.05) is 24.3 Å². The van der Waals surface area contributed by atoms with E-state index in [2.05, 4.69) is 15.8 Å². The zero-order chi connectivity index (χ0) is 18.8. The van der Waals surface area contributed by atoms with Crippen molar-refractivity contribution in [1.82, 2.24) is 5.43 Å². The number of ether oxygens (including phenoxy) is 1. The van der Waals surface area contributed by atoms with Crippen LogP contribution in [0.15, 0.2) is 53.6 Å². The van der Waals surface area contributed by atoms with Gasteiger partial charge in [0.05, 0.1) is 12.8 Å². The molecule has 2 aromatic carbocycles. The first kappa shape index (κ1) is 19.2. The Balaban J connectivity index is 1.73. The van der Waals surface area contributed by atoms with Crippen LogP contribution in [0, 0.1) is 6.92 Å². The van der Waals surface area contributed by atoms with Crippen molar-refractivity contribution in [3.05, 3.63) is 59.7 Å². The lowest BCUT2D eigenvalue weighted by Crippen LogP contribution is -2.20. The summed E-state index contributed by atoms with van der Waals surface area (Å²) in [5.74, 6) is 0.209. The van der Waals surface area contributed by atoms with Crippen LogP contribution in [-0.2, 0) is 9.59 Å². The van der Waals surface area contributed by atoms with Gasteiger partial charge in [0.15, 0.2) is 0 Å². The number of carbonyl (C=O) groups is 2. The number of carbonyl (C=O) groups excluding carboxylic acids is 2. The average molecular weight is 353 g/mol. The van der Waals surface area contributed by atoms with Crippen LogP contribution in [0.1, 0.15) is 30.9 Å². The van der Waals surface area contributed by atoms with E-state index >= 15 is 0 Å². The SMILES string of the molecule is CCOc1ccc(NC(=O)CCC(=O)NN=Cc2ccccc2C)cc1. The van der Waals surface area contributed by atoms with Gasteiger partial charge in [0.1, 0.15) is 5.75 Å². The van der Waals surface area contributed by atoms with E-state index in [9.17, 15) is 9.59 Å². The molecule has 0 aromatic heterocycles. The summed E-state index contributed by atoms with van der Waals surface area (Å²) in [6.07, 6.45) is 1.74. The highest BCUT2D eigenvalue weighted by molar-refractivity contribution is 5.93. The van der Waals surface area contributed by atoms with Gasteiger partial charge in [-0.05, 0) is 49.2 Å². The topological polar surface area (TPSA) is 79.8 Å². The summed E-state index contributed by atoms with van der Waals surface area (Å²) in [7, 11) is 0. The summed E-state index contributed by atoms with van der Waals surface area (Å²) in [6.45, 7) is 4.47. The van der Waals surface area contributed by atoms with E-state index in [0.29, 0.717) is 12.3 Å². The van der Waals surface area contributed by atoms with Crippen LogP contribution in [-0.4, -0.2) is 24.6 Å². The van der Waals surface area contributed by atoms with E-state index in [0.717, 1.165) is 16.9 Å². The number of nitrogens with zero attached hydrogens (tertiary/aromatic N) is 1. The molecule has 0 fully saturated rings. The number of amides is 2. The molecule has 6 nitrogen and oxygen atoms in total. The fourth-order valence-corrected chi connectivity index (χ4v) is 2.21. The number of hydrogen-bond donors (Lipinski definition) is 2. The molecule has 0 saturated heterocycles. The third-order valence-electron chi connectivity index (χ3n) is 3.61. The maximum Gasteiger partial charge on any atom is 0.240 e. The van der Waals surface area contributed by atoms with Crippen LogP contribution in [0.5, 0.6) is 5.75 Å². The molecule has 0 spiro atoms. The van der Waals surface area contributed by atoms with Crippen LogP contribution >= 0.6 is 0 Å². The molecule has 2 amide bonds. The first-order chi connectivity index (χ1) is 12.6. The second kappa shape index (κ2) is 9.98. The predicted octanol–water partition coefficient (Wildman–Crippen LogP) is 3.26. The summed E-state index contributed by atoms with van der Waals surface area (Å²) in [6, 6.07) is 14.8. The Bertz CT molecular complexity index is 770. The Kier molecular flexibility index (Phi) is 7.36. The van der Waals surface area contributed by atoms with E-state index in [4.69, 9.17) is 4.74 Å². The lowest BCUT2D eigenvalue weighted by molar-refractivity contribution is -0.124. The van der Waals surface area contributed by atoms with E-state index in [-0.39, 0.29) is 24.7 Å². The Morgan fingerprint density at radius 3 is 2.42 bits per heavy atom. The highest BCUT2D eigenvalue weighted by Gasteiger charge is 2.07. The van der Waals surface area contributed by atoms with E-state index in [1.165, 1.54) is 0 Å². The molecule has 6 heteroatoms. The van der Waals surface area contributed by atoms with Gasteiger partial charge < -0.3 is 10.1 Å². The lowest BCUT2D eigenvalue weighted by Gasteiger charge is -2.07. The van der Waals surface area contributed by atoms with Crippen molar-refractivity contribution in [3.8, 4) is 5.75 Å². The van der Waals surface area contributed by atoms with Crippen LogP contribution in [0.3, 0.4) is 0 Å². The number of hydrazone groups is 1. The fraction of sp³-hybridized carbons (Fsp3) is 0.250. The molecule has 0 atom stereocenters. The number of aryl methyl sites for hydroxylation is 1. The van der Waals surface area contributed by atoms with Crippen LogP contribution in [0.2, 0.25) is 0 Å². The molecule has 0 aliphatic carbocycles. The van der Waals surface area contributed by atoms with Gasteiger partial charge in [-0.3, -0.25) is 9.59 Å². The highest BCUT2D eigenvalue weighted by Crippen LogP contribution is 2.15. The first-order valence-corrected chi connectivity index (χ1v) is 8.48. The van der Waals surface area contributed by atoms with Crippen molar-refractivity contribution in [3.63, 3.8) is 0 Å². The minimum atomic E-state index is -0.309. The second-order valence-corrected chi connectivity index (χ2v) is 5.66. The van der Waals surface area contributed by atoms with Crippen molar-refractivity contribution < 1.29 is 14.3 Å². The van der Waals surface area contributed by atoms with Crippen LogP contribution in [0.25, 0.3) is 0 Å². The fourth-order valence-electron chi connectivity index (χ4n) is 2.21. The van der Waals surface area contributed by atoms with Crippen LogP contribution < -0.4 is 15.5 Å². The Morgan fingerprint density at radius 1 is 1.04 bits per heavy atom. The predicted molar refractivity (Wildman–Crippen MR) is 102 cm³/mol. The Hall–Kier alpha value is -3.15. The third kappa shape index (κ3) is 6.39. The monoisotopic (exact) mass is 353 g/mol. The quantitative estimate of drug-likeness (QED) is 0.565. The Labute approximate surface area is 153 Å². The van der Waals surface area contributed by atoms with Crippen molar-refractivity contribution in [2.45, 2.75) is 26.7 Å². The van der Waals surface area contributed by atoms with Gasteiger partial charge in [0.2, 0.25) is 11.8 Å². The summed E-state index contributed by atoms with van der Waals surface area (Å²) >= 11 is 0. The van der Waals surface area contributed by atoms with Gasteiger partial charge in [-0.25, -0.2) is 5.43 Å². The van der Waals surface area contributed by atoms with Crippen molar-refractivity contribution in [1.29, 1.82) is 0 Å². The van der Waals surface area contributed by atoms with Gasteiger partial charge >= 0.3 is 0 Å². The summed E-state index contributed by atoms with van der Waals surface area (Å²) in [5.41, 5.74) is 5.10. The molecule has 2 aromatic rings. The van der Waals surface area contributed by atoms with Gasteiger partial charge in [-0.2, -0.15) is 5.10 Å². The standard InChI is InChI=1S/C20H23N3O3/c1-3-26-18-10-8-17(9-11-18)22-19(24)12-13-20(25)23-21-14-16-7-5-4-6-15(16)2/h4-11,14H,3,12-13H2,1-2H3,(H,22,24)(H,23,25). The van der Waals surface area contributed by atoms with Gasteiger partial charge in [0, 0.05) is 18.5 Å². The van der Waals surface area contributed by atoms with Gasteiger partial charge in [0.25, 0.3) is 0 Å². The number of anilines is 1. The first-order valence-electron chi connectivity index (χ1n) is 8.48. The van der Waals surface area contributed by atoms with Crippen molar-refractivity contribution in [2.24, 2.45) is 5.10 Å². The molecule has 2 N–H and O–H groups in total. The normalized spacial score (nSPS) is 10.5. The molecule has 0 radical (unpaired) electrons. The zero-order valence-corrected chi connectivity index (χ0v) is 15.0.